The molecule has 3 heterocycles. The van der Waals surface area contributed by atoms with Crippen LogP contribution in [0.2, 0.25) is 0 Å². The molecule has 2 amide bonds. The van der Waals surface area contributed by atoms with E-state index in [4.69, 9.17) is 33.2 Å². The first-order valence-corrected chi connectivity index (χ1v) is 24.0. The van der Waals surface area contributed by atoms with Crippen LogP contribution in [0.1, 0.15) is 127 Å². The molecule has 3 aliphatic carbocycles. The van der Waals surface area contributed by atoms with E-state index in [0.717, 1.165) is 25.7 Å². The third-order valence-corrected chi connectivity index (χ3v) is 16.6. The summed E-state index contributed by atoms with van der Waals surface area (Å²) in [6.45, 7) is 16.3. The molecule has 6 rings (SSSR count). The van der Waals surface area contributed by atoms with Gasteiger partial charge in [-0.3, -0.25) is 9.59 Å². The van der Waals surface area contributed by atoms with Crippen molar-refractivity contribution in [2.24, 2.45) is 22.2 Å². The smallest absolute Gasteiger partial charge is 0.217 e. The quantitative estimate of drug-likeness (QED) is 0.105. The number of allylic oxidation sites excluding steroid dienone is 2. The number of nitrogens with one attached hydrogen (secondary N) is 2. The Labute approximate surface area is 390 Å². The summed E-state index contributed by atoms with van der Waals surface area (Å²) in [5.41, 5.74) is -0.797. The fraction of sp³-hybridized carbons (Fsp3) is 0.917. The number of carbonyl (C=O) groups excluding carboxylic acids is 2. The first-order valence-electron chi connectivity index (χ1n) is 24.0. The van der Waals surface area contributed by atoms with Gasteiger partial charge in [-0.2, -0.15) is 0 Å². The van der Waals surface area contributed by atoms with Gasteiger partial charge in [0.1, 0.15) is 48.7 Å². The van der Waals surface area contributed by atoms with Crippen molar-refractivity contribution in [1.29, 1.82) is 0 Å². The van der Waals surface area contributed by atoms with Gasteiger partial charge in [-0.15, -0.1) is 0 Å². The van der Waals surface area contributed by atoms with Gasteiger partial charge in [0.05, 0.1) is 54.9 Å². The summed E-state index contributed by atoms with van der Waals surface area (Å²) in [5, 5.41) is 84.1. The average Bonchev–Trinajstić information content (AvgIpc) is 3.58. The van der Waals surface area contributed by atoms with Gasteiger partial charge in [-0.1, -0.05) is 31.9 Å². The SMILES string of the molecule is COCC1OC(OC(C)(C)C(O)CCC2(C)CC(=C3CCC4C3(C)CC(O)C3OC(C(C)(C)OC5OC(COC)C(O)C(O)C5NC(C)=O)CCC34C)CCC2O)C(NC(C)=O)C(O)C1O. The van der Waals surface area contributed by atoms with Gasteiger partial charge >= 0.3 is 0 Å². The number of aliphatic hydroxyl groups excluding tert-OH is 7. The molecule has 3 saturated heterocycles. The lowest BCUT2D eigenvalue weighted by Crippen LogP contribution is -2.67. The fourth-order valence-electron chi connectivity index (χ4n) is 12.8. The van der Waals surface area contributed by atoms with Crippen molar-refractivity contribution in [2.75, 3.05) is 27.4 Å². The second-order valence-electron chi connectivity index (χ2n) is 22.2. The molecule has 0 aromatic heterocycles. The number of aliphatic hydroxyl groups is 7. The topological polar surface area (TPSA) is 264 Å². The number of amides is 2. The Kier molecular flexibility index (Phi) is 16.6. The predicted octanol–water partition coefficient (Wildman–Crippen LogP) is 1.50. The third-order valence-electron chi connectivity index (χ3n) is 16.6. The van der Waals surface area contributed by atoms with Gasteiger partial charge in [0.15, 0.2) is 12.6 Å². The molecule has 0 bridgehead atoms. The van der Waals surface area contributed by atoms with Crippen molar-refractivity contribution in [3.05, 3.63) is 11.1 Å². The monoisotopic (exact) mass is 943 g/mol. The predicted molar refractivity (Wildman–Crippen MR) is 238 cm³/mol. The highest BCUT2D eigenvalue weighted by Crippen LogP contribution is 2.66. The Bertz CT molecular complexity index is 1730. The molecule has 19 unspecified atom stereocenters. The first-order chi connectivity index (χ1) is 30.7. The number of rotatable bonds is 15. The summed E-state index contributed by atoms with van der Waals surface area (Å²) in [6.07, 6.45) is -6.55. The van der Waals surface area contributed by atoms with Crippen LogP contribution in [0.4, 0.5) is 0 Å². The minimum Gasteiger partial charge on any atom is -0.393 e. The Morgan fingerprint density at radius 3 is 1.85 bits per heavy atom. The van der Waals surface area contributed by atoms with Gasteiger partial charge in [0.25, 0.3) is 0 Å². The zero-order valence-electron chi connectivity index (χ0n) is 41.0. The number of hydrogen-bond donors (Lipinski definition) is 9. The molecular formula is C48H82N2O16. The summed E-state index contributed by atoms with van der Waals surface area (Å²) >= 11 is 0. The van der Waals surface area contributed by atoms with Crippen LogP contribution < -0.4 is 10.6 Å². The molecule has 380 valence electrons. The molecule has 18 nitrogen and oxygen atoms in total. The maximum absolute atomic E-state index is 12.2. The lowest BCUT2D eigenvalue weighted by Gasteiger charge is -2.60. The molecule has 66 heavy (non-hydrogen) atoms. The van der Waals surface area contributed by atoms with Crippen molar-refractivity contribution in [3.8, 4) is 0 Å². The van der Waals surface area contributed by atoms with Crippen LogP contribution in [0.3, 0.4) is 0 Å². The van der Waals surface area contributed by atoms with Crippen LogP contribution in [0.5, 0.6) is 0 Å². The van der Waals surface area contributed by atoms with E-state index in [9.17, 15) is 45.3 Å². The molecule has 3 saturated carbocycles. The molecule has 19 atom stereocenters. The molecule has 3 aliphatic heterocycles. The summed E-state index contributed by atoms with van der Waals surface area (Å²) < 4.78 is 42.3. The molecule has 0 aromatic carbocycles. The highest BCUT2D eigenvalue weighted by Gasteiger charge is 2.64. The van der Waals surface area contributed by atoms with E-state index in [2.05, 4.69) is 31.4 Å². The molecule has 0 radical (unpaired) electrons. The van der Waals surface area contributed by atoms with Gasteiger partial charge in [-0.25, -0.2) is 0 Å². The highest BCUT2D eigenvalue weighted by molar-refractivity contribution is 5.73. The second kappa shape index (κ2) is 20.5. The van der Waals surface area contributed by atoms with Gasteiger partial charge in [0.2, 0.25) is 11.8 Å². The Morgan fingerprint density at radius 2 is 1.32 bits per heavy atom. The average molecular weight is 943 g/mol. The van der Waals surface area contributed by atoms with Crippen molar-refractivity contribution in [1.82, 2.24) is 10.6 Å². The molecule has 18 heteroatoms. The van der Waals surface area contributed by atoms with E-state index >= 15 is 0 Å². The highest BCUT2D eigenvalue weighted by atomic mass is 16.7. The Morgan fingerprint density at radius 1 is 0.773 bits per heavy atom. The molecule has 0 spiro atoms. The lowest BCUT2D eigenvalue weighted by molar-refractivity contribution is -0.324. The van der Waals surface area contributed by atoms with Crippen molar-refractivity contribution in [2.45, 2.75) is 230 Å². The van der Waals surface area contributed by atoms with Crippen molar-refractivity contribution >= 4 is 11.8 Å². The summed E-state index contributed by atoms with van der Waals surface area (Å²) in [5.74, 6) is -0.650. The molecule has 9 N–H and O–H groups in total. The number of methoxy groups -OCH3 is 2. The minimum atomic E-state index is -1.41. The van der Waals surface area contributed by atoms with Gasteiger partial charge in [-0.05, 0) is 109 Å². The maximum atomic E-state index is 12.2. The van der Waals surface area contributed by atoms with Crippen LogP contribution in [0.25, 0.3) is 0 Å². The summed E-state index contributed by atoms with van der Waals surface area (Å²) in [6, 6.07) is -2.15. The van der Waals surface area contributed by atoms with Crippen LogP contribution >= 0.6 is 0 Å². The third kappa shape index (κ3) is 10.6. The lowest BCUT2D eigenvalue weighted by atomic mass is 9.51. The largest absolute Gasteiger partial charge is 0.393 e. The Balaban J connectivity index is 1.14. The minimum absolute atomic E-state index is 0.00395. The van der Waals surface area contributed by atoms with Crippen LogP contribution in [-0.4, -0.2) is 178 Å². The van der Waals surface area contributed by atoms with Gasteiger partial charge < -0.3 is 79.5 Å². The van der Waals surface area contributed by atoms with E-state index in [1.807, 2.05) is 13.8 Å². The van der Waals surface area contributed by atoms with E-state index in [0.29, 0.717) is 32.1 Å². The number of ether oxygens (including phenoxy) is 7. The zero-order valence-corrected chi connectivity index (χ0v) is 41.0. The van der Waals surface area contributed by atoms with Crippen LogP contribution in [-0.2, 0) is 42.7 Å². The van der Waals surface area contributed by atoms with Crippen LogP contribution in [0.15, 0.2) is 11.1 Å². The van der Waals surface area contributed by atoms with E-state index in [1.165, 1.54) is 39.2 Å². The second-order valence-corrected chi connectivity index (χ2v) is 22.2. The van der Waals surface area contributed by atoms with E-state index in [1.54, 1.807) is 13.8 Å². The zero-order chi connectivity index (χ0) is 48.9. The normalized spacial score (nSPS) is 44.8. The number of carbonyl (C=O) groups is 2. The molecule has 6 aliphatic rings. The van der Waals surface area contributed by atoms with Gasteiger partial charge in [0, 0.05) is 33.5 Å². The van der Waals surface area contributed by atoms with Crippen LogP contribution in [0, 0.1) is 22.2 Å². The van der Waals surface area contributed by atoms with Crippen molar-refractivity contribution in [3.63, 3.8) is 0 Å². The van der Waals surface area contributed by atoms with Crippen molar-refractivity contribution < 1.29 is 78.5 Å². The fourth-order valence-corrected chi connectivity index (χ4v) is 12.8. The summed E-state index contributed by atoms with van der Waals surface area (Å²) in [4.78, 5) is 24.2. The molecular weight excluding hydrogens is 861 g/mol. The maximum Gasteiger partial charge on any atom is 0.217 e. The number of fused-ring (bicyclic) bond motifs is 3. The first kappa shape index (κ1) is 53.5. The molecule has 0 aromatic rings. The molecule has 6 fully saturated rings. The number of hydrogen-bond acceptors (Lipinski definition) is 16. The Hall–Kier alpha value is -1.88. The summed E-state index contributed by atoms with van der Waals surface area (Å²) in [7, 11) is 2.90. The standard InChI is InChI=1S/C48H82N2O16/c1-24(51)49-35-39(58)37(56)29(22-60-10)62-42(35)65-44(3,4)32(54)16-18-46(7)20-26(12-15-33(46)55)27-13-14-31-47(8)19-17-34(64-41(47)28(53)21-48(27,31)9)45(5,6)66-43-36(50-25(2)52)40(59)38(57)30(63-43)23-61-11/h28-43,53-59H,12-23H2,1-11H3,(H,49,51)(H,50,52). The van der Waals surface area contributed by atoms with E-state index in [-0.39, 0.29) is 36.4 Å². The van der Waals surface area contributed by atoms with E-state index < -0.39 is 120 Å².